The zero-order chi connectivity index (χ0) is 15.9. The molecule has 2 saturated heterocycles. The molecular weight excluding hydrogens is 304 g/mol. The van der Waals surface area contributed by atoms with Gasteiger partial charge in [-0.25, -0.2) is 4.79 Å². The third-order valence-electron chi connectivity index (χ3n) is 3.96. The second-order valence-electron chi connectivity index (χ2n) is 5.88. The largest absolute Gasteiger partial charge is 0.480 e. The van der Waals surface area contributed by atoms with Gasteiger partial charge in [0.15, 0.2) is 0 Å². The van der Waals surface area contributed by atoms with Crippen molar-refractivity contribution < 1.29 is 19.4 Å². The van der Waals surface area contributed by atoms with Crippen molar-refractivity contribution in [1.82, 2.24) is 10.2 Å². The second kappa shape index (κ2) is 5.48. The monoisotopic (exact) mass is 322 g/mol. The average molecular weight is 322 g/mol. The number of benzene rings is 1. The van der Waals surface area contributed by atoms with E-state index in [1.54, 1.807) is 0 Å². The van der Waals surface area contributed by atoms with Crippen LogP contribution in [-0.4, -0.2) is 50.8 Å². The summed E-state index contributed by atoms with van der Waals surface area (Å²) in [6, 6.07) is 8.16. The molecule has 2 fully saturated rings. The number of rotatable bonds is 5. The van der Waals surface area contributed by atoms with Crippen LogP contribution in [0.1, 0.15) is 13.8 Å². The number of para-hydroxylation sites is 1. The highest BCUT2D eigenvalue weighted by Gasteiger charge is 2.63. The number of nitrogens with one attached hydrogen (secondary N) is 1. The van der Waals surface area contributed by atoms with Crippen molar-refractivity contribution in [2.24, 2.45) is 0 Å². The number of β-lactam (4-membered cyclic amide) rings is 1. The van der Waals surface area contributed by atoms with Crippen LogP contribution in [0.25, 0.3) is 0 Å². The molecule has 3 rings (SSSR count). The van der Waals surface area contributed by atoms with Crippen molar-refractivity contribution in [3.05, 3.63) is 30.3 Å². The Morgan fingerprint density at radius 2 is 2.09 bits per heavy atom. The number of thioether (sulfide) groups is 1. The molecule has 2 aliphatic heterocycles. The van der Waals surface area contributed by atoms with E-state index in [0.29, 0.717) is 0 Å². The molecular formula is C15H18N2O4S. The van der Waals surface area contributed by atoms with Gasteiger partial charge in [-0.15, -0.1) is 11.8 Å². The van der Waals surface area contributed by atoms with Gasteiger partial charge >= 0.3 is 5.97 Å². The van der Waals surface area contributed by atoms with E-state index in [-0.39, 0.29) is 18.0 Å². The summed E-state index contributed by atoms with van der Waals surface area (Å²) in [6.07, 6.45) is 0. The van der Waals surface area contributed by atoms with Crippen LogP contribution >= 0.6 is 11.8 Å². The maximum Gasteiger partial charge on any atom is 0.327 e. The molecule has 118 valence electrons. The quantitative estimate of drug-likeness (QED) is 0.625. The van der Waals surface area contributed by atoms with E-state index >= 15 is 0 Å². The van der Waals surface area contributed by atoms with E-state index in [2.05, 4.69) is 5.32 Å². The SMILES string of the molecule is CC1(C)S[C@@H]2[C@H](NCOc3ccccc3)C(=O)N2[C@H]1C(=O)O. The fourth-order valence-corrected chi connectivity index (χ4v) is 4.59. The molecule has 7 heteroatoms. The molecule has 1 aromatic carbocycles. The Balaban J connectivity index is 1.59. The van der Waals surface area contributed by atoms with E-state index in [1.807, 2.05) is 44.2 Å². The van der Waals surface area contributed by atoms with Gasteiger partial charge < -0.3 is 14.7 Å². The summed E-state index contributed by atoms with van der Waals surface area (Å²) in [7, 11) is 0. The second-order valence-corrected chi connectivity index (χ2v) is 7.65. The van der Waals surface area contributed by atoms with Crippen LogP contribution in [0.3, 0.4) is 0 Å². The average Bonchev–Trinajstić information content (AvgIpc) is 2.73. The van der Waals surface area contributed by atoms with Crippen LogP contribution in [-0.2, 0) is 9.59 Å². The van der Waals surface area contributed by atoms with Gasteiger partial charge in [0.25, 0.3) is 0 Å². The lowest BCUT2D eigenvalue weighted by Gasteiger charge is -2.43. The predicted molar refractivity (Wildman–Crippen MR) is 82.6 cm³/mol. The maximum atomic E-state index is 12.2. The van der Waals surface area contributed by atoms with E-state index in [4.69, 9.17) is 4.74 Å². The first kappa shape index (κ1) is 15.2. The molecule has 1 aromatic rings. The van der Waals surface area contributed by atoms with E-state index in [1.165, 1.54) is 16.7 Å². The van der Waals surface area contributed by atoms with Gasteiger partial charge in [0.05, 0.1) is 0 Å². The molecule has 0 saturated carbocycles. The number of carbonyl (C=O) groups is 2. The van der Waals surface area contributed by atoms with Crippen LogP contribution in [0, 0.1) is 0 Å². The Kier molecular flexibility index (Phi) is 3.78. The highest BCUT2D eigenvalue weighted by atomic mass is 32.2. The Hall–Kier alpha value is -1.73. The molecule has 22 heavy (non-hydrogen) atoms. The molecule has 2 heterocycles. The molecule has 0 bridgehead atoms. The van der Waals surface area contributed by atoms with Crippen LogP contribution in [0.2, 0.25) is 0 Å². The highest BCUT2D eigenvalue weighted by Crippen LogP contribution is 2.50. The molecule has 6 nitrogen and oxygen atoms in total. The van der Waals surface area contributed by atoms with Gasteiger partial charge in [0.2, 0.25) is 5.91 Å². The van der Waals surface area contributed by atoms with Crippen LogP contribution in [0.15, 0.2) is 30.3 Å². The van der Waals surface area contributed by atoms with E-state index in [9.17, 15) is 14.7 Å². The molecule has 3 atom stereocenters. The Bertz CT molecular complexity index is 592. The van der Waals surface area contributed by atoms with Gasteiger partial charge in [-0.2, -0.15) is 0 Å². The summed E-state index contributed by atoms with van der Waals surface area (Å²) in [5, 5.41) is 12.3. The van der Waals surface area contributed by atoms with Gasteiger partial charge in [-0.3, -0.25) is 10.1 Å². The lowest BCUT2D eigenvalue weighted by Crippen LogP contribution is -2.70. The fraction of sp³-hybridized carbons (Fsp3) is 0.467. The van der Waals surface area contributed by atoms with Crippen molar-refractivity contribution in [3.8, 4) is 5.75 Å². The van der Waals surface area contributed by atoms with Gasteiger partial charge in [0.1, 0.15) is 29.9 Å². The van der Waals surface area contributed by atoms with Gasteiger partial charge in [-0.05, 0) is 26.0 Å². The topological polar surface area (TPSA) is 78.9 Å². The molecule has 0 radical (unpaired) electrons. The summed E-state index contributed by atoms with van der Waals surface area (Å²) < 4.78 is 5.03. The van der Waals surface area contributed by atoms with Crippen molar-refractivity contribution in [1.29, 1.82) is 0 Å². The summed E-state index contributed by atoms with van der Waals surface area (Å²) in [4.78, 5) is 25.1. The first-order valence-electron chi connectivity index (χ1n) is 7.06. The van der Waals surface area contributed by atoms with Crippen molar-refractivity contribution in [2.45, 2.75) is 36.1 Å². The van der Waals surface area contributed by atoms with Crippen molar-refractivity contribution >= 4 is 23.6 Å². The van der Waals surface area contributed by atoms with Gasteiger partial charge in [-0.1, -0.05) is 18.2 Å². The minimum Gasteiger partial charge on any atom is -0.480 e. The molecule has 0 unspecified atom stereocenters. The number of carboxylic acid groups (broad SMARTS) is 1. The number of hydrogen-bond acceptors (Lipinski definition) is 5. The molecule has 0 aromatic heterocycles. The fourth-order valence-electron chi connectivity index (χ4n) is 2.93. The number of hydrogen-bond donors (Lipinski definition) is 2. The number of carboxylic acids is 1. The third-order valence-corrected chi connectivity index (χ3v) is 5.53. The lowest BCUT2D eigenvalue weighted by atomic mass is 9.96. The van der Waals surface area contributed by atoms with E-state index in [0.717, 1.165) is 5.75 Å². The predicted octanol–water partition coefficient (Wildman–Crippen LogP) is 1.13. The summed E-state index contributed by atoms with van der Waals surface area (Å²) in [5.74, 6) is -0.402. The first-order valence-corrected chi connectivity index (χ1v) is 7.94. The lowest BCUT2D eigenvalue weighted by molar-refractivity contribution is -0.160. The number of aliphatic carboxylic acids is 1. The van der Waals surface area contributed by atoms with Crippen LogP contribution in [0.4, 0.5) is 0 Å². The summed E-state index contributed by atoms with van der Waals surface area (Å²) in [6.45, 7) is 3.93. The number of nitrogens with zero attached hydrogens (tertiary/aromatic N) is 1. The molecule has 1 amide bonds. The third kappa shape index (κ3) is 2.44. The maximum absolute atomic E-state index is 12.2. The Morgan fingerprint density at radius 1 is 1.41 bits per heavy atom. The van der Waals surface area contributed by atoms with Crippen LogP contribution < -0.4 is 10.1 Å². The zero-order valence-electron chi connectivity index (χ0n) is 12.4. The Morgan fingerprint density at radius 3 is 2.73 bits per heavy atom. The Labute approximate surface area is 132 Å². The smallest absolute Gasteiger partial charge is 0.327 e. The molecule has 0 aliphatic carbocycles. The van der Waals surface area contributed by atoms with Gasteiger partial charge in [0, 0.05) is 4.75 Å². The summed E-state index contributed by atoms with van der Waals surface area (Å²) >= 11 is 1.52. The number of fused-ring (bicyclic) bond motifs is 1. The number of amides is 1. The van der Waals surface area contributed by atoms with Crippen molar-refractivity contribution in [2.75, 3.05) is 6.73 Å². The summed E-state index contributed by atoms with van der Waals surface area (Å²) in [5.41, 5.74) is 0. The van der Waals surface area contributed by atoms with E-state index < -0.39 is 22.8 Å². The highest BCUT2D eigenvalue weighted by molar-refractivity contribution is 8.01. The zero-order valence-corrected chi connectivity index (χ0v) is 13.2. The minimum absolute atomic E-state index is 0.150. The van der Waals surface area contributed by atoms with Crippen molar-refractivity contribution in [3.63, 3.8) is 0 Å². The minimum atomic E-state index is -0.952. The molecule has 2 N–H and O–H groups in total. The number of ether oxygens (including phenoxy) is 1. The molecule has 2 aliphatic rings. The standard InChI is InChI=1S/C15H18N2O4S/c1-15(2)11(14(19)20)17-12(18)10(13(17)22-15)16-8-21-9-6-4-3-5-7-9/h3-7,10-11,13,16H,8H2,1-2H3,(H,19,20)/t10-,11+,13-/m1/s1. The van der Waals surface area contributed by atoms with Crippen LogP contribution in [0.5, 0.6) is 5.75 Å². The molecule has 0 spiro atoms. The first-order chi connectivity index (χ1) is 10.4. The number of carbonyl (C=O) groups excluding carboxylic acids is 1. The normalized spacial score (nSPS) is 28.9.